The molecule has 4 bridgehead atoms. The fourth-order valence-corrected chi connectivity index (χ4v) is 5.82. The fourth-order valence-electron chi connectivity index (χ4n) is 5.82. The molecule has 0 aliphatic heterocycles. The van der Waals surface area contributed by atoms with Crippen molar-refractivity contribution in [3.05, 3.63) is 34.1 Å². The number of nitrogens with zero attached hydrogens (tertiary/aromatic N) is 1. The molecule has 0 saturated heterocycles. The molecule has 150 valence electrons. The highest BCUT2D eigenvalue weighted by atomic mass is 19.1. The minimum atomic E-state index is -0.953. The maximum Gasteiger partial charge on any atom is 0.306 e. The third-order valence-corrected chi connectivity index (χ3v) is 6.58. The number of carbonyl (C=O) groups excluding carboxylic acids is 2. The van der Waals surface area contributed by atoms with Crippen molar-refractivity contribution in [3.63, 3.8) is 0 Å². The molecular formula is C20H24FN3O4. The van der Waals surface area contributed by atoms with Crippen LogP contribution in [0.15, 0.2) is 18.2 Å². The maximum absolute atomic E-state index is 13.4. The lowest BCUT2D eigenvalue weighted by Gasteiger charge is -2.55. The van der Waals surface area contributed by atoms with Crippen LogP contribution in [0, 0.1) is 39.1 Å². The standard InChI is InChI=1S/C20H24FN3O4/c21-16-2-1-15(8-17(16)24(27)28)23-18(25)3-4-22-19(26)20-9-12-5-13(10-20)7-14(6-12)11-20/h1-2,8,12-14H,3-7,9-11H2,(H,22,26)(H,23,25). The highest BCUT2D eigenvalue weighted by Gasteiger charge is 2.54. The number of hydrogen-bond acceptors (Lipinski definition) is 4. The number of nitrogens with one attached hydrogen (secondary N) is 2. The molecule has 5 rings (SSSR count). The quantitative estimate of drug-likeness (QED) is 0.575. The van der Waals surface area contributed by atoms with Crippen LogP contribution in [0.1, 0.15) is 44.9 Å². The van der Waals surface area contributed by atoms with Gasteiger partial charge in [0, 0.05) is 30.1 Å². The Morgan fingerprint density at radius 3 is 2.32 bits per heavy atom. The molecule has 1 aromatic rings. The molecule has 0 unspecified atom stereocenters. The summed E-state index contributed by atoms with van der Waals surface area (Å²) in [6, 6.07) is 3.21. The molecule has 7 nitrogen and oxygen atoms in total. The average Bonchev–Trinajstić information content (AvgIpc) is 2.62. The van der Waals surface area contributed by atoms with Crippen LogP contribution in [0.3, 0.4) is 0 Å². The normalized spacial score (nSPS) is 30.1. The summed E-state index contributed by atoms with van der Waals surface area (Å²) in [5, 5.41) is 16.2. The number of nitro benzene ring substituents is 1. The van der Waals surface area contributed by atoms with Crippen molar-refractivity contribution in [1.82, 2.24) is 5.32 Å². The second kappa shape index (κ2) is 7.14. The zero-order valence-corrected chi connectivity index (χ0v) is 15.6. The molecular weight excluding hydrogens is 365 g/mol. The maximum atomic E-state index is 13.4. The van der Waals surface area contributed by atoms with Gasteiger partial charge in [0.2, 0.25) is 17.6 Å². The predicted octanol–water partition coefficient (Wildman–Crippen LogP) is 3.40. The van der Waals surface area contributed by atoms with Gasteiger partial charge in [-0.15, -0.1) is 0 Å². The van der Waals surface area contributed by atoms with Crippen molar-refractivity contribution in [2.75, 3.05) is 11.9 Å². The van der Waals surface area contributed by atoms with Crippen molar-refractivity contribution >= 4 is 23.2 Å². The summed E-state index contributed by atoms with van der Waals surface area (Å²) in [5.74, 6) is 0.757. The predicted molar refractivity (Wildman–Crippen MR) is 99.9 cm³/mol. The van der Waals surface area contributed by atoms with Crippen molar-refractivity contribution < 1.29 is 18.9 Å². The Labute approximate surface area is 162 Å². The number of nitro groups is 1. The van der Waals surface area contributed by atoms with E-state index in [1.54, 1.807) is 0 Å². The largest absolute Gasteiger partial charge is 0.355 e. The summed E-state index contributed by atoms with van der Waals surface area (Å²) in [4.78, 5) is 34.9. The van der Waals surface area contributed by atoms with Gasteiger partial charge in [0.1, 0.15) is 0 Å². The Bertz CT molecular complexity index is 790. The molecule has 2 N–H and O–H groups in total. The van der Waals surface area contributed by atoms with Gasteiger partial charge in [0.15, 0.2) is 0 Å². The van der Waals surface area contributed by atoms with E-state index in [0.717, 1.165) is 31.4 Å². The molecule has 2 amide bonds. The van der Waals surface area contributed by atoms with E-state index in [-0.39, 0.29) is 35.9 Å². The van der Waals surface area contributed by atoms with Gasteiger partial charge >= 0.3 is 5.69 Å². The lowest BCUT2D eigenvalue weighted by Crippen LogP contribution is -2.53. The second-order valence-electron chi connectivity index (χ2n) is 8.68. The fraction of sp³-hybridized carbons (Fsp3) is 0.600. The molecule has 0 spiro atoms. The minimum Gasteiger partial charge on any atom is -0.355 e. The van der Waals surface area contributed by atoms with Gasteiger partial charge in [-0.2, -0.15) is 4.39 Å². The van der Waals surface area contributed by atoms with Gasteiger partial charge in [-0.05, 0) is 68.4 Å². The van der Waals surface area contributed by atoms with Gasteiger partial charge in [-0.25, -0.2) is 0 Å². The van der Waals surface area contributed by atoms with E-state index in [1.165, 1.54) is 25.3 Å². The molecule has 0 heterocycles. The van der Waals surface area contributed by atoms with E-state index in [0.29, 0.717) is 17.8 Å². The Balaban J connectivity index is 1.28. The van der Waals surface area contributed by atoms with Crippen LogP contribution in [0.25, 0.3) is 0 Å². The van der Waals surface area contributed by atoms with Gasteiger partial charge < -0.3 is 10.6 Å². The monoisotopic (exact) mass is 389 g/mol. The number of hydrogen-bond donors (Lipinski definition) is 2. The number of rotatable bonds is 6. The Hall–Kier alpha value is -2.51. The number of carbonyl (C=O) groups is 2. The molecule has 4 saturated carbocycles. The molecule has 4 aliphatic carbocycles. The van der Waals surface area contributed by atoms with E-state index >= 15 is 0 Å². The van der Waals surface area contributed by atoms with Crippen molar-refractivity contribution in [3.8, 4) is 0 Å². The van der Waals surface area contributed by atoms with Crippen LogP contribution in [0.5, 0.6) is 0 Å². The smallest absolute Gasteiger partial charge is 0.306 e. The van der Waals surface area contributed by atoms with Crippen LogP contribution < -0.4 is 10.6 Å². The average molecular weight is 389 g/mol. The third kappa shape index (κ3) is 3.59. The molecule has 1 aromatic carbocycles. The van der Waals surface area contributed by atoms with E-state index in [9.17, 15) is 24.1 Å². The Kier molecular flexibility index (Phi) is 4.81. The van der Waals surface area contributed by atoms with E-state index in [2.05, 4.69) is 10.6 Å². The van der Waals surface area contributed by atoms with Crippen molar-refractivity contribution in [1.29, 1.82) is 0 Å². The van der Waals surface area contributed by atoms with Crippen molar-refractivity contribution in [2.45, 2.75) is 44.9 Å². The highest BCUT2D eigenvalue weighted by Crippen LogP contribution is 2.60. The van der Waals surface area contributed by atoms with Crippen LogP contribution in [0.2, 0.25) is 0 Å². The Morgan fingerprint density at radius 1 is 1.14 bits per heavy atom. The van der Waals surface area contributed by atoms with Crippen LogP contribution >= 0.6 is 0 Å². The molecule has 0 atom stereocenters. The first kappa shape index (κ1) is 18.8. The number of benzene rings is 1. The zero-order chi connectivity index (χ0) is 19.9. The van der Waals surface area contributed by atoms with E-state index in [1.807, 2.05) is 0 Å². The van der Waals surface area contributed by atoms with E-state index in [4.69, 9.17) is 0 Å². The number of halogens is 1. The molecule has 0 radical (unpaired) electrons. The van der Waals surface area contributed by atoms with Crippen LogP contribution in [-0.4, -0.2) is 23.3 Å². The number of amides is 2. The first-order chi connectivity index (χ1) is 13.3. The third-order valence-electron chi connectivity index (χ3n) is 6.58. The SMILES string of the molecule is O=C(CCNC(=O)C12CC3CC(CC(C3)C1)C2)Nc1ccc(F)c([N+](=O)[O-])c1. The summed E-state index contributed by atoms with van der Waals surface area (Å²) in [6.45, 7) is 0.218. The van der Waals surface area contributed by atoms with E-state index < -0.39 is 16.4 Å². The van der Waals surface area contributed by atoms with Gasteiger partial charge in [0.25, 0.3) is 0 Å². The topological polar surface area (TPSA) is 101 Å². The first-order valence-electron chi connectivity index (χ1n) is 9.87. The summed E-state index contributed by atoms with van der Waals surface area (Å²) in [7, 11) is 0. The molecule has 8 heteroatoms. The Morgan fingerprint density at radius 2 is 1.75 bits per heavy atom. The van der Waals surface area contributed by atoms with Gasteiger partial charge in [-0.1, -0.05) is 0 Å². The van der Waals surface area contributed by atoms with Crippen molar-refractivity contribution in [2.24, 2.45) is 23.2 Å². The van der Waals surface area contributed by atoms with Crippen LogP contribution in [0.4, 0.5) is 15.8 Å². The molecule has 0 aromatic heterocycles. The summed E-state index contributed by atoms with van der Waals surface area (Å²) >= 11 is 0. The second-order valence-corrected chi connectivity index (χ2v) is 8.68. The molecule has 4 fully saturated rings. The lowest BCUT2D eigenvalue weighted by molar-refractivity contribution is -0.387. The molecule has 4 aliphatic rings. The summed E-state index contributed by atoms with van der Waals surface area (Å²) < 4.78 is 13.4. The zero-order valence-electron chi connectivity index (χ0n) is 15.6. The molecule has 28 heavy (non-hydrogen) atoms. The summed E-state index contributed by atoms with van der Waals surface area (Å²) in [6.07, 6.45) is 6.75. The summed E-state index contributed by atoms with van der Waals surface area (Å²) in [5.41, 5.74) is -0.776. The highest BCUT2D eigenvalue weighted by molar-refractivity contribution is 5.91. The van der Waals surface area contributed by atoms with Crippen LogP contribution in [-0.2, 0) is 9.59 Å². The minimum absolute atomic E-state index is 0.0588. The lowest BCUT2D eigenvalue weighted by atomic mass is 9.49. The van der Waals surface area contributed by atoms with Gasteiger partial charge in [0.05, 0.1) is 4.92 Å². The number of anilines is 1. The van der Waals surface area contributed by atoms with Gasteiger partial charge in [-0.3, -0.25) is 19.7 Å². The first-order valence-corrected chi connectivity index (χ1v) is 9.87.